The van der Waals surface area contributed by atoms with Gasteiger partial charge in [-0.15, -0.1) is 0 Å². The fourth-order valence-corrected chi connectivity index (χ4v) is 4.83. The molecule has 4 heterocycles. The normalized spacial score (nSPS) is 18.4. The Balaban J connectivity index is 1.46. The molecule has 10 heteroatoms. The molecule has 4 aromatic rings. The molecular formula is C26H26N8O2. The molecule has 0 amide bonds. The second kappa shape index (κ2) is 10.1. The van der Waals surface area contributed by atoms with Gasteiger partial charge in [-0.2, -0.15) is 20.3 Å². The maximum absolute atomic E-state index is 9.40. The van der Waals surface area contributed by atoms with E-state index in [1.165, 1.54) is 6.20 Å². The van der Waals surface area contributed by atoms with Crippen LogP contribution >= 0.6 is 0 Å². The summed E-state index contributed by atoms with van der Waals surface area (Å²) in [5.74, 6) is 2.26. The first-order valence-corrected chi connectivity index (χ1v) is 12.1. The van der Waals surface area contributed by atoms with E-state index in [0.717, 1.165) is 48.8 Å². The minimum atomic E-state index is -0.446. The summed E-state index contributed by atoms with van der Waals surface area (Å²) in [6.45, 7) is 2.02. The fourth-order valence-electron chi connectivity index (χ4n) is 4.83. The van der Waals surface area contributed by atoms with Crippen LogP contribution in [0.15, 0.2) is 41.3 Å². The third kappa shape index (κ3) is 4.64. The average Bonchev–Trinajstić information content (AvgIpc) is 3.56. The van der Waals surface area contributed by atoms with Crippen LogP contribution in [0, 0.1) is 28.6 Å². The smallest absolute Gasteiger partial charge is 0.164 e. The molecule has 0 unspecified atom stereocenters. The zero-order valence-corrected chi connectivity index (χ0v) is 19.9. The van der Waals surface area contributed by atoms with Crippen LogP contribution in [-0.2, 0) is 0 Å². The zero-order chi connectivity index (χ0) is 25.1. The van der Waals surface area contributed by atoms with E-state index in [2.05, 4.69) is 37.7 Å². The minimum Gasteiger partial charge on any atom is -0.396 e. The number of hydrogen-bond acceptors (Lipinski definition) is 9. The highest BCUT2D eigenvalue weighted by Gasteiger charge is 2.26. The lowest BCUT2D eigenvalue weighted by molar-refractivity contribution is 0.213. The summed E-state index contributed by atoms with van der Waals surface area (Å²) in [5, 5.41) is 40.4. The summed E-state index contributed by atoms with van der Waals surface area (Å²) in [4.78, 5) is 8.98. The summed E-state index contributed by atoms with van der Waals surface area (Å²) in [6, 6.07) is 9.34. The van der Waals surface area contributed by atoms with Crippen molar-refractivity contribution in [2.24, 2.45) is 5.92 Å². The van der Waals surface area contributed by atoms with Gasteiger partial charge in [0.1, 0.15) is 23.6 Å². The van der Waals surface area contributed by atoms with E-state index >= 15 is 0 Å². The van der Waals surface area contributed by atoms with Gasteiger partial charge in [-0.25, -0.2) is 9.97 Å². The summed E-state index contributed by atoms with van der Waals surface area (Å²) in [6.07, 6.45) is 9.87. The van der Waals surface area contributed by atoms with Crippen molar-refractivity contribution in [3.05, 3.63) is 48.1 Å². The lowest BCUT2D eigenvalue weighted by atomic mass is 9.79. The van der Waals surface area contributed by atoms with Crippen molar-refractivity contribution in [3.63, 3.8) is 0 Å². The molecule has 1 aliphatic rings. The van der Waals surface area contributed by atoms with Gasteiger partial charge in [0.05, 0.1) is 23.5 Å². The molecule has 2 N–H and O–H groups in total. The summed E-state index contributed by atoms with van der Waals surface area (Å²) >= 11 is 0. The number of aliphatic hydroxyl groups excluding tert-OH is 1. The molecule has 0 aromatic carbocycles. The molecule has 36 heavy (non-hydrogen) atoms. The highest BCUT2D eigenvalue weighted by atomic mass is 16.5. The molecule has 182 valence electrons. The number of hydrogen-bond donors (Lipinski definition) is 2. The first kappa shape index (κ1) is 23.5. The summed E-state index contributed by atoms with van der Waals surface area (Å²) in [5.41, 5.74) is 3.09. The highest BCUT2D eigenvalue weighted by Crippen LogP contribution is 2.39. The fraction of sp³-hybridized carbons (Fsp3) is 0.385. The second-order valence-electron chi connectivity index (χ2n) is 9.23. The van der Waals surface area contributed by atoms with Crippen molar-refractivity contribution < 1.29 is 9.63 Å². The highest BCUT2D eigenvalue weighted by molar-refractivity contribution is 5.79. The van der Waals surface area contributed by atoms with Crippen LogP contribution in [0.1, 0.15) is 56.3 Å². The maximum Gasteiger partial charge on any atom is 0.164 e. The maximum atomic E-state index is 9.40. The van der Waals surface area contributed by atoms with Gasteiger partial charge in [-0.3, -0.25) is 0 Å². The average molecular weight is 483 g/mol. The number of aromatic nitrogens is 5. The molecule has 1 atom stereocenters. The monoisotopic (exact) mass is 482 g/mol. The molecule has 0 radical (unpaired) electrons. The van der Waals surface area contributed by atoms with E-state index in [1.54, 1.807) is 30.1 Å². The van der Waals surface area contributed by atoms with Crippen LogP contribution in [0.5, 0.6) is 0 Å². The number of nitrogens with zero attached hydrogens (tertiary/aromatic N) is 7. The Labute approximate surface area is 208 Å². The third-order valence-corrected chi connectivity index (χ3v) is 6.80. The number of rotatable bonds is 7. The predicted octanol–water partition coefficient (Wildman–Crippen LogP) is 4.32. The predicted molar refractivity (Wildman–Crippen MR) is 132 cm³/mol. The van der Waals surface area contributed by atoms with Crippen LogP contribution in [0.2, 0.25) is 0 Å². The number of pyridine rings is 2. The lowest BCUT2D eigenvalue weighted by Crippen LogP contribution is -2.14. The third-order valence-electron chi connectivity index (χ3n) is 6.80. The van der Waals surface area contributed by atoms with Crippen LogP contribution < -0.4 is 5.32 Å². The zero-order valence-electron chi connectivity index (χ0n) is 19.9. The molecule has 1 aliphatic carbocycles. The number of nitrogens with one attached hydrogen (secondary N) is 1. The summed E-state index contributed by atoms with van der Waals surface area (Å²) < 4.78 is 7.35. The SMILES string of the molecule is C[C@H](C#N)Nc1cc(-n2ncc3cc(C#N)cnc32)ncc1-c1cc(C2CCC(CCO)CC2)on1. The Bertz CT molecular complexity index is 1450. The molecule has 10 nitrogen and oxygen atoms in total. The quantitative estimate of drug-likeness (QED) is 0.392. The van der Waals surface area contributed by atoms with E-state index in [-0.39, 0.29) is 6.61 Å². The molecule has 1 fully saturated rings. The van der Waals surface area contributed by atoms with Gasteiger partial charge in [0.25, 0.3) is 0 Å². The van der Waals surface area contributed by atoms with E-state index in [0.29, 0.717) is 40.2 Å². The lowest BCUT2D eigenvalue weighted by Gasteiger charge is -2.26. The van der Waals surface area contributed by atoms with E-state index in [1.807, 2.05) is 12.1 Å². The molecule has 5 rings (SSSR count). The number of anilines is 1. The van der Waals surface area contributed by atoms with Crippen molar-refractivity contribution in [3.8, 4) is 29.2 Å². The molecule has 1 saturated carbocycles. The number of aliphatic hydroxyl groups is 1. The van der Waals surface area contributed by atoms with Crippen LogP contribution in [-0.4, -0.2) is 42.7 Å². The Morgan fingerprint density at radius 1 is 1.14 bits per heavy atom. The van der Waals surface area contributed by atoms with Crippen molar-refractivity contribution >= 4 is 16.7 Å². The molecule has 4 aromatic heterocycles. The van der Waals surface area contributed by atoms with Crippen LogP contribution in [0.25, 0.3) is 28.1 Å². The summed E-state index contributed by atoms with van der Waals surface area (Å²) in [7, 11) is 0. The Morgan fingerprint density at radius 2 is 1.97 bits per heavy atom. The second-order valence-corrected chi connectivity index (χ2v) is 9.23. The number of nitriles is 2. The van der Waals surface area contributed by atoms with Crippen molar-refractivity contribution in [2.75, 3.05) is 11.9 Å². The van der Waals surface area contributed by atoms with Crippen molar-refractivity contribution in [1.82, 2.24) is 24.9 Å². The van der Waals surface area contributed by atoms with E-state index in [4.69, 9.17) is 9.78 Å². The van der Waals surface area contributed by atoms with E-state index in [9.17, 15) is 10.4 Å². The largest absolute Gasteiger partial charge is 0.396 e. The minimum absolute atomic E-state index is 0.243. The van der Waals surface area contributed by atoms with Crippen LogP contribution in [0.3, 0.4) is 0 Å². The van der Waals surface area contributed by atoms with Crippen molar-refractivity contribution in [2.45, 2.75) is 51.0 Å². The molecule has 0 spiro atoms. The van der Waals surface area contributed by atoms with Gasteiger partial charge in [0.15, 0.2) is 11.5 Å². The van der Waals surface area contributed by atoms with Gasteiger partial charge in [0.2, 0.25) is 0 Å². The molecular weight excluding hydrogens is 456 g/mol. The Hall–Kier alpha value is -4.28. The molecule has 0 bridgehead atoms. The standard InChI is InChI=1S/C26H26N8O2/c1-16(11-27)32-22-10-25(34-26-20(14-31-34)8-18(12-28)13-30-26)29-15-21(22)23-9-24(36-33-23)19-4-2-17(3-5-19)6-7-35/h8-10,13-17,19,35H,2-7H2,1H3,(H,29,32)/t16-,17?,19?/m1/s1. The van der Waals surface area contributed by atoms with E-state index < -0.39 is 6.04 Å². The Morgan fingerprint density at radius 3 is 2.72 bits per heavy atom. The Kier molecular flexibility index (Phi) is 6.61. The van der Waals surface area contributed by atoms with Crippen molar-refractivity contribution in [1.29, 1.82) is 10.5 Å². The van der Waals surface area contributed by atoms with Gasteiger partial charge in [-0.05, 0) is 51.0 Å². The van der Waals surface area contributed by atoms with Gasteiger partial charge < -0.3 is 14.9 Å². The first-order chi connectivity index (χ1) is 17.6. The topological polar surface area (TPSA) is 149 Å². The van der Waals surface area contributed by atoms with Gasteiger partial charge >= 0.3 is 0 Å². The number of fused-ring (bicyclic) bond motifs is 1. The van der Waals surface area contributed by atoms with Crippen LogP contribution in [0.4, 0.5) is 5.69 Å². The van der Waals surface area contributed by atoms with Gasteiger partial charge in [0, 0.05) is 48.0 Å². The van der Waals surface area contributed by atoms with Gasteiger partial charge in [-0.1, -0.05) is 5.16 Å². The molecule has 0 aliphatic heterocycles. The first-order valence-electron chi connectivity index (χ1n) is 12.1. The molecule has 0 saturated heterocycles.